The highest BCUT2D eigenvalue weighted by atomic mass is 15.1. The summed E-state index contributed by atoms with van der Waals surface area (Å²) < 4.78 is 0. The van der Waals surface area contributed by atoms with Gasteiger partial charge in [-0.3, -0.25) is 5.41 Å². The molecule has 19 heavy (non-hydrogen) atoms. The first-order valence-electron chi connectivity index (χ1n) is 7.29. The molecule has 0 amide bonds. The monoisotopic (exact) mass is 257 g/mol. The van der Waals surface area contributed by atoms with Crippen LogP contribution in [-0.4, -0.2) is 19.4 Å². The van der Waals surface area contributed by atoms with Gasteiger partial charge >= 0.3 is 0 Å². The second-order valence-corrected chi connectivity index (χ2v) is 6.28. The summed E-state index contributed by atoms with van der Waals surface area (Å²) in [7, 11) is 2.16. The van der Waals surface area contributed by atoms with Crippen molar-refractivity contribution in [3.05, 3.63) is 29.8 Å². The molecular weight excluding hydrogens is 234 g/mol. The summed E-state index contributed by atoms with van der Waals surface area (Å²) >= 11 is 0. The third-order valence-electron chi connectivity index (χ3n) is 4.99. The number of anilines is 1. The van der Waals surface area contributed by atoms with Crippen LogP contribution in [0.3, 0.4) is 0 Å². The SMILES string of the molecule is CN(CC1CC2CCC1C2)c1cccc(C(=N)N)c1. The number of amidine groups is 1. The Balaban J connectivity index is 1.68. The summed E-state index contributed by atoms with van der Waals surface area (Å²) in [6.07, 6.45) is 5.79. The Hall–Kier alpha value is -1.51. The van der Waals surface area contributed by atoms with Crippen LogP contribution in [0.25, 0.3) is 0 Å². The maximum Gasteiger partial charge on any atom is 0.122 e. The number of hydrogen-bond donors (Lipinski definition) is 2. The molecule has 0 heterocycles. The average molecular weight is 257 g/mol. The number of benzene rings is 1. The number of nitrogens with two attached hydrogens (primary N) is 1. The van der Waals surface area contributed by atoms with Crippen LogP contribution in [0.15, 0.2) is 24.3 Å². The molecule has 3 nitrogen and oxygen atoms in total. The molecule has 1 aromatic carbocycles. The summed E-state index contributed by atoms with van der Waals surface area (Å²) in [5, 5.41) is 7.52. The molecule has 3 rings (SSSR count). The summed E-state index contributed by atoms with van der Waals surface area (Å²) in [5.74, 6) is 2.98. The molecule has 2 bridgehead atoms. The van der Waals surface area contributed by atoms with E-state index >= 15 is 0 Å². The van der Waals surface area contributed by atoms with Gasteiger partial charge in [0.25, 0.3) is 0 Å². The molecule has 2 aliphatic rings. The zero-order valence-electron chi connectivity index (χ0n) is 11.6. The summed E-state index contributed by atoms with van der Waals surface area (Å²) in [6, 6.07) is 8.02. The predicted octanol–water partition coefficient (Wildman–Crippen LogP) is 2.84. The van der Waals surface area contributed by atoms with Gasteiger partial charge < -0.3 is 10.6 Å². The van der Waals surface area contributed by atoms with Crippen molar-refractivity contribution in [2.45, 2.75) is 25.7 Å². The molecule has 0 radical (unpaired) electrons. The Bertz CT molecular complexity index is 483. The first-order valence-corrected chi connectivity index (χ1v) is 7.29. The molecule has 0 saturated heterocycles. The van der Waals surface area contributed by atoms with Gasteiger partial charge in [-0.15, -0.1) is 0 Å². The van der Waals surface area contributed by atoms with Crippen molar-refractivity contribution < 1.29 is 0 Å². The van der Waals surface area contributed by atoms with Gasteiger partial charge in [0.2, 0.25) is 0 Å². The zero-order valence-corrected chi connectivity index (χ0v) is 11.6. The van der Waals surface area contributed by atoms with Crippen molar-refractivity contribution in [2.24, 2.45) is 23.5 Å². The molecule has 3 atom stereocenters. The lowest BCUT2D eigenvalue weighted by molar-refractivity contribution is 0.337. The lowest BCUT2D eigenvalue weighted by Crippen LogP contribution is -2.28. The van der Waals surface area contributed by atoms with Gasteiger partial charge in [0.05, 0.1) is 0 Å². The van der Waals surface area contributed by atoms with Crippen molar-refractivity contribution in [3.63, 3.8) is 0 Å². The molecular formula is C16H23N3. The van der Waals surface area contributed by atoms with Crippen molar-refractivity contribution in [3.8, 4) is 0 Å². The van der Waals surface area contributed by atoms with E-state index in [2.05, 4.69) is 18.0 Å². The van der Waals surface area contributed by atoms with Crippen molar-refractivity contribution in [1.82, 2.24) is 0 Å². The van der Waals surface area contributed by atoms with Gasteiger partial charge in [0, 0.05) is 24.8 Å². The highest BCUT2D eigenvalue weighted by molar-refractivity contribution is 5.95. The fourth-order valence-corrected chi connectivity index (χ4v) is 3.97. The van der Waals surface area contributed by atoms with Crippen LogP contribution in [0.5, 0.6) is 0 Å². The van der Waals surface area contributed by atoms with Crippen LogP contribution in [0.1, 0.15) is 31.2 Å². The highest BCUT2D eigenvalue weighted by Crippen LogP contribution is 2.48. The first kappa shape index (κ1) is 12.5. The van der Waals surface area contributed by atoms with E-state index in [1.54, 1.807) is 0 Å². The topological polar surface area (TPSA) is 53.1 Å². The quantitative estimate of drug-likeness (QED) is 0.643. The molecule has 1 aromatic rings. The second kappa shape index (κ2) is 4.87. The van der Waals surface area contributed by atoms with E-state index in [0.717, 1.165) is 29.9 Å². The average Bonchev–Trinajstić information content (AvgIpc) is 3.01. The Morgan fingerprint density at radius 2 is 2.21 bits per heavy atom. The maximum absolute atomic E-state index is 7.52. The van der Waals surface area contributed by atoms with E-state index in [0.29, 0.717) is 0 Å². The Morgan fingerprint density at radius 3 is 2.84 bits per heavy atom. The van der Waals surface area contributed by atoms with Gasteiger partial charge in [0.1, 0.15) is 5.84 Å². The number of rotatable bonds is 4. The van der Waals surface area contributed by atoms with E-state index in [1.165, 1.54) is 31.4 Å². The third-order valence-corrected chi connectivity index (χ3v) is 4.99. The summed E-state index contributed by atoms with van der Waals surface area (Å²) in [6.45, 7) is 1.14. The van der Waals surface area contributed by atoms with E-state index in [4.69, 9.17) is 11.1 Å². The van der Waals surface area contributed by atoms with E-state index in [9.17, 15) is 0 Å². The minimum absolute atomic E-state index is 0.148. The Morgan fingerprint density at radius 1 is 1.37 bits per heavy atom. The van der Waals surface area contributed by atoms with E-state index in [-0.39, 0.29) is 5.84 Å². The Kier molecular flexibility index (Phi) is 3.21. The Labute approximate surface area is 115 Å². The molecule has 2 aliphatic carbocycles. The molecule has 0 spiro atoms. The first-order chi connectivity index (χ1) is 9.13. The molecule has 0 aromatic heterocycles. The highest BCUT2D eigenvalue weighted by Gasteiger charge is 2.39. The van der Waals surface area contributed by atoms with Crippen molar-refractivity contribution in [1.29, 1.82) is 5.41 Å². The lowest BCUT2D eigenvalue weighted by Gasteiger charge is -2.28. The van der Waals surface area contributed by atoms with Crippen molar-refractivity contribution >= 4 is 11.5 Å². The molecule has 3 N–H and O–H groups in total. The van der Waals surface area contributed by atoms with Gasteiger partial charge in [-0.2, -0.15) is 0 Å². The minimum Gasteiger partial charge on any atom is -0.384 e. The normalized spacial score (nSPS) is 28.6. The predicted molar refractivity (Wildman–Crippen MR) is 79.7 cm³/mol. The van der Waals surface area contributed by atoms with Crippen molar-refractivity contribution in [2.75, 3.05) is 18.5 Å². The maximum atomic E-state index is 7.52. The van der Waals surface area contributed by atoms with Gasteiger partial charge in [-0.25, -0.2) is 0 Å². The number of nitrogens with one attached hydrogen (secondary N) is 1. The molecule has 2 saturated carbocycles. The van der Waals surface area contributed by atoms with Crippen LogP contribution in [0, 0.1) is 23.2 Å². The fraction of sp³-hybridized carbons (Fsp3) is 0.562. The summed E-state index contributed by atoms with van der Waals surface area (Å²) in [5.41, 5.74) is 7.55. The fourth-order valence-electron chi connectivity index (χ4n) is 3.97. The second-order valence-electron chi connectivity index (χ2n) is 6.28. The lowest BCUT2D eigenvalue weighted by atomic mass is 9.88. The third kappa shape index (κ3) is 2.46. The van der Waals surface area contributed by atoms with E-state index in [1.807, 2.05) is 18.2 Å². The number of fused-ring (bicyclic) bond motifs is 2. The number of hydrogen-bond acceptors (Lipinski definition) is 2. The molecule has 2 fully saturated rings. The minimum atomic E-state index is 0.148. The molecule has 3 unspecified atom stereocenters. The van der Waals surface area contributed by atoms with Gasteiger partial charge in [0.15, 0.2) is 0 Å². The van der Waals surface area contributed by atoms with E-state index < -0.39 is 0 Å². The number of nitrogen functional groups attached to an aromatic ring is 1. The summed E-state index contributed by atoms with van der Waals surface area (Å²) in [4.78, 5) is 2.33. The van der Waals surface area contributed by atoms with Crippen LogP contribution in [0.4, 0.5) is 5.69 Å². The standard InChI is InChI=1S/C16H23N3/c1-19(10-14-8-11-5-6-12(14)7-11)15-4-2-3-13(9-15)16(17)18/h2-4,9,11-12,14H,5-8,10H2,1H3,(H3,17,18). The van der Waals surface area contributed by atoms with Crippen LogP contribution < -0.4 is 10.6 Å². The molecule has 102 valence electrons. The van der Waals surface area contributed by atoms with Gasteiger partial charge in [-0.1, -0.05) is 18.6 Å². The smallest absolute Gasteiger partial charge is 0.122 e. The van der Waals surface area contributed by atoms with Gasteiger partial charge in [-0.05, 0) is 49.1 Å². The largest absolute Gasteiger partial charge is 0.384 e. The molecule has 0 aliphatic heterocycles. The van der Waals surface area contributed by atoms with Crippen LogP contribution >= 0.6 is 0 Å². The zero-order chi connectivity index (χ0) is 13.4. The molecule has 3 heteroatoms. The number of nitrogens with zero attached hydrogens (tertiary/aromatic N) is 1. The van der Waals surface area contributed by atoms with Crippen LogP contribution in [-0.2, 0) is 0 Å². The van der Waals surface area contributed by atoms with Crippen LogP contribution in [0.2, 0.25) is 0 Å².